The molecule has 29 heavy (non-hydrogen) atoms. The van der Waals surface area contributed by atoms with E-state index in [1.165, 1.54) is 6.33 Å². The molecule has 1 N–H and O–H groups in total. The van der Waals surface area contributed by atoms with Gasteiger partial charge in [-0.05, 0) is 39.5 Å². The Morgan fingerprint density at radius 1 is 1.07 bits per heavy atom. The van der Waals surface area contributed by atoms with Gasteiger partial charge in [-0.3, -0.25) is 4.79 Å². The summed E-state index contributed by atoms with van der Waals surface area (Å²) in [5, 5.41) is 14.2. The Morgan fingerprint density at radius 2 is 1.79 bits per heavy atom. The zero-order valence-electron chi connectivity index (χ0n) is 17.1. The van der Waals surface area contributed by atoms with E-state index in [0.29, 0.717) is 29.4 Å². The molecule has 1 amide bonds. The number of hydrogen-bond donors (Lipinski definition) is 1. The Labute approximate surface area is 170 Å². The lowest BCUT2D eigenvalue weighted by Crippen LogP contribution is -2.41. The molecule has 1 aliphatic heterocycles. The first-order valence-electron chi connectivity index (χ1n) is 10.1. The first-order chi connectivity index (χ1) is 14.0. The Hall–Kier alpha value is -3.09. The highest BCUT2D eigenvalue weighted by molar-refractivity contribution is 5.96. The molecule has 0 spiro atoms. The highest BCUT2D eigenvalue weighted by atomic mass is 16.1. The van der Waals surface area contributed by atoms with Crippen molar-refractivity contribution in [3.63, 3.8) is 0 Å². The van der Waals surface area contributed by atoms with Crippen LogP contribution in [0.25, 0.3) is 10.8 Å². The summed E-state index contributed by atoms with van der Waals surface area (Å²) in [6, 6.07) is 8.28. The van der Waals surface area contributed by atoms with Crippen LogP contribution in [0.4, 0.5) is 5.82 Å². The molecule has 7 heteroatoms. The van der Waals surface area contributed by atoms with E-state index in [0.717, 1.165) is 48.2 Å². The third-order valence-electron chi connectivity index (χ3n) is 5.68. The fraction of sp³-hybridized carbons (Fsp3) is 0.409. The van der Waals surface area contributed by atoms with Crippen LogP contribution < -0.4 is 10.2 Å². The smallest absolute Gasteiger partial charge is 0.254 e. The number of anilines is 1. The fourth-order valence-electron chi connectivity index (χ4n) is 4.13. The van der Waals surface area contributed by atoms with Gasteiger partial charge >= 0.3 is 0 Å². The standard InChI is InChI=1S/C22H26N6O/c1-14-18-8-4-5-9-19(18)21(27-26-14)28-10-6-7-17(12-28)11-23-22(29)20-15(2)24-13-25-16(20)3/h4-5,8-9,13,17H,6-7,10-12H2,1-3H3,(H,23,29). The fourth-order valence-corrected chi connectivity index (χ4v) is 4.13. The minimum absolute atomic E-state index is 0.0988. The molecule has 0 aliphatic carbocycles. The molecule has 1 unspecified atom stereocenters. The topological polar surface area (TPSA) is 83.9 Å². The first kappa shape index (κ1) is 19.2. The molecule has 0 bridgehead atoms. The van der Waals surface area contributed by atoms with Crippen LogP contribution in [0.15, 0.2) is 30.6 Å². The van der Waals surface area contributed by atoms with E-state index in [-0.39, 0.29) is 5.91 Å². The number of carbonyl (C=O) groups is 1. The van der Waals surface area contributed by atoms with Gasteiger partial charge in [-0.15, -0.1) is 5.10 Å². The second kappa shape index (κ2) is 8.11. The Kier molecular flexibility index (Phi) is 5.38. The number of nitrogens with one attached hydrogen (secondary N) is 1. The third kappa shape index (κ3) is 3.90. The normalized spacial score (nSPS) is 16.8. The largest absolute Gasteiger partial charge is 0.354 e. The molecule has 3 heterocycles. The number of aromatic nitrogens is 4. The summed E-state index contributed by atoms with van der Waals surface area (Å²) < 4.78 is 0. The van der Waals surface area contributed by atoms with Crippen LogP contribution in [-0.4, -0.2) is 45.7 Å². The molecule has 1 atom stereocenters. The number of nitrogens with zero attached hydrogens (tertiary/aromatic N) is 5. The lowest BCUT2D eigenvalue weighted by Gasteiger charge is -2.34. The van der Waals surface area contributed by atoms with Crippen molar-refractivity contribution in [2.45, 2.75) is 33.6 Å². The maximum Gasteiger partial charge on any atom is 0.254 e. The molecule has 2 aromatic heterocycles. The predicted octanol–water partition coefficient (Wildman–Crippen LogP) is 2.99. The maximum absolute atomic E-state index is 12.7. The number of amides is 1. The second-order valence-electron chi connectivity index (χ2n) is 7.74. The number of piperidine rings is 1. The average molecular weight is 390 g/mol. The molecule has 0 radical (unpaired) electrons. The summed E-state index contributed by atoms with van der Waals surface area (Å²) in [7, 11) is 0. The van der Waals surface area contributed by atoms with Crippen molar-refractivity contribution in [3.05, 3.63) is 53.2 Å². The molecular formula is C22H26N6O. The van der Waals surface area contributed by atoms with Crippen molar-refractivity contribution in [1.82, 2.24) is 25.5 Å². The predicted molar refractivity (Wildman–Crippen MR) is 113 cm³/mol. The highest BCUT2D eigenvalue weighted by Gasteiger charge is 2.24. The van der Waals surface area contributed by atoms with Gasteiger partial charge < -0.3 is 10.2 Å². The lowest BCUT2D eigenvalue weighted by molar-refractivity contribution is 0.0943. The summed E-state index contributed by atoms with van der Waals surface area (Å²) in [5.41, 5.74) is 2.94. The zero-order valence-corrected chi connectivity index (χ0v) is 17.1. The summed E-state index contributed by atoms with van der Waals surface area (Å²) in [6.45, 7) is 8.10. The molecular weight excluding hydrogens is 364 g/mol. The first-order valence-corrected chi connectivity index (χ1v) is 10.1. The number of hydrogen-bond acceptors (Lipinski definition) is 6. The van der Waals surface area contributed by atoms with Crippen molar-refractivity contribution in [2.24, 2.45) is 5.92 Å². The number of benzene rings is 1. The minimum Gasteiger partial charge on any atom is -0.354 e. The number of fused-ring (bicyclic) bond motifs is 1. The van der Waals surface area contributed by atoms with Gasteiger partial charge in [0.1, 0.15) is 6.33 Å². The van der Waals surface area contributed by atoms with Crippen molar-refractivity contribution in [3.8, 4) is 0 Å². The van der Waals surface area contributed by atoms with Crippen molar-refractivity contribution >= 4 is 22.5 Å². The van der Waals surface area contributed by atoms with Crippen molar-refractivity contribution < 1.29 is 4.79 Å². The highest BCUT2D eigenvalue weighted by Crippen LogP contribution is 2.29. The summed E-state index contributed by atoms with van der Waals surface area (Å²) in [6.07, 6.45) is 3.64. The van der Waals surface area contributed by atoms with Gasteiger partial charge in [0.2, 0.25) is 0 Å². The Bertz CT molecular complexity index is 1030. The van der Waals surface area contributed by atoms with Gasteiger partial charge in [-0.25, -0.2) is 9.97 Å². The molecule has 1 saturated heterocycles. The Morgan fingerprint density at radius 3 is 2.55 bits per heavy atom. The molecule has 3 aromatic rings. The van der Waals surface area contributed by atoms with Crippen LogP contribution in [0.1, 0.15) is 40.3 Å². The zero-order chi connectivity index (χ0) is 20.4. The van der Waals surface area contributed by atoms with Gasteiger partial charge in [0.15, 0.2) is 5.82 Å². The van der Waals surface area contributed by atoms with Crippen LogP contribution in [-0.2, 0) is 0 Å². The van der Waals surface area contributed by atoms with E-state index in [1.54, 1.807) is 0 Å². The van der Waals surface area contributed by atoms with Gasteiger partial charge in [0, 0.05) is 30.4 Å². The van der Waals surface area contributed by atoms with Crippen LogP contribution in [0.3, 0.4) is 0 Å². The van der Waals surface area contributed by atoms with Crippen molar-refractivity contribution in [2.75, 3.05) is 24.5 Å². The quantitative estimate of drug-likeness (QED) is 0.737. The minimum atomic E-state index is -0.0988. The third-order valence-corrected chi connectivity index (χ3v) is 5.68. The molecule has 1 fully saturated rings. The lowest BCUT2D eigenvalue weighted by atomic mass is 9.97. The summed E-state index contributed by atoms with van der Waals surface area (Å²) in [4.78, 5) is 23.3. The average Bonchev–Trinajstić information content (AvgIpc) is 2.73. The molecule has 0 saturated carbocycles. The number of carbonyl (C=O) groups excluding carboxylic acids is 1. The van der Waals surface area contributed by atoms with Crippen LogP contribution in [0, 0.1) is 26.7 Å². The maximum atomic E-state index is 12.7. The van der Waals surface area contributed by atoms with Crippen LogP contribution >= 0.6 is 0 Å². The number of aryl methyl sites for hydroxylation is 3. The molecule has 1 aromatic carbocycles. The second-order valence-corrected chi connectivity index (χ2v) is 7.74. The monoisotopic (exact) mass is 390 g/mol. The van der Waals surface area contributed by atoms with Gasteiger partial charge in [-0.2, -0.15) is 5.10 Å². The van der Waals surface area contributed by atoms with E-state index in [4.69, 9.17) is 0 Å². The van der Waals surface area contributed by atoms with Gasteiger partial charge in [-0.1, -0.05) is 24.3 Å². The molecule has 1 aliphatic rings. The van der Waals surface area contributed by atoms with Crippen molar-refractivity contribution in [1.29, 1.82) is 0 Å². The molecule has 150 valence electrons. The van der Waals surface area contributed by atoms with E-state index in [2.05, 4.69) is 42.5 Å². The van der Waals surface area contributed by atoms with E-state index in [9.17, 15) is 4.79 Å². The van der Waals surface area contributed by atoms with E-state index >= 15 is 0 Å². The van der Waals surface area contributed by atoms with E-state index < -0.39 is 0 Å². The SMILES string of the molecule is Cc1ncnc(C)c1C(=O)NCC1CCCN(c2nnc(C)c3ccccc23)C1. The molecule has 4 rings (SSSR count). The van der Waals surface area contributed by atoms with Gasteiger partial charge in [0.05, 0.1) is 22.6 Å². The number of rotatable bonds is 4. The molecule has 7 nitrogen and oxygen atoms in total. The van der Waals surface area contributed by atoms with Crippen LogP contribution in [0.2, 0.25) is 0 Å². The van der Waals surface area contributed by atoms with Crippen LogP contribution in [0.5, 0.6) is 0 Å². The van der Waals surface area contributed by atoms with E-state index in [1.807, 2.05) is 32.9 Å². The van der Waals surface area contributed by atoms with Gasteiger partial charge in [0.25, 0.3) is 5.91 Å². The summed E-state index contributed by atoms with van der Waals surface area (Å²) in [5.74, 6) is 1.20. The Balaban J connectivity index is 1.47. The summed E-state index contributed by atoms with van der Waals surface area (Å²) >= 11 is 0.